The highest BCUT2D eigenvalue weighted by atomic mass is 16.5. The van der Waals surface area contributed by atoms with Crippen LogP contribution in [0.15, 0.2) is 103 Å². The molecule has 3 aromatic carbocycles. The molecule has 0 radical (unpaired) electrons. The molecule has 0 aromatic heterocycles. The van der Waals surface area contributed by atoms with Crippen molar-refractivity contribution >= 4 is 11.9 Å². The van der Waals surface area contributed by atoms with Gasteiger partial charge in [0.25, 0.3) is 0 Å². The Kier molecular flexibility index (Phi) is 7.58. The molecule has 0 saturated carbocycles. The average Bonchev–Trinajstić information content (AvgIpc) is 2.85. The van der Waals surface area contributed by atoms with Gasteiger partial charge in [0, 0.05) is 5.57 Å². The van der Waals surface area contributed by atoms with Crippen molar-refractivity contribution in [2.24, 2.45) is 0 Å². The maximum Gasteiger partial charge on any atom is 0.333 e. The number of hydrogen-bond acceptors (Lipinski definition) is 5. The fourth-order valence-electron chi connectivity index (χ4n) is 3.67. The van der Waals surface area contributed by atoms with Crippen LogP contribution < -0.4 is 5.32 Å². The van der Waals surface area contributed by atoms with E-state index in [4.69, 9.17) is 9.47 Å². The van der Waals surface area contributed by atoms with Crippen LogP contribution in [0.3, 0.4) is 0 Å². The van der Waals surface area contributed by atoms with E-state index in [1.165, 1.54) is 7.11 Å². The Morgan fingerprint density at radius 1 is 0.844 bits per heavy atom. The van der Waals surface area contributed by atoms with Crippen molar-refractivity contribution in [1.29, 1.82) is 0 Å². The van der Waals surface area contributed by atoms with E-state index < -0.39 is 23.5 Å². The Balaban J connectivity index is 2.17. The lowest BCUT2D eigenvalue weighted by Gasteiger charge is -2.39. The van der Waals surface area contributed by atoms with Gasteiger partial charge in [-0.1, -0.05) is 97.6 Å². The molecule has 5 nitrogen and oxygen atoms in total. The molecule has 32 heavy (non-hydrogen) atoms. The van der Waals surface area contributed by atoms with E-state index >= 15 is 0 Å². The standard InChI is InChI=1S/C27H27NO4/c1-20(2)25(29)32-19-24(26(30)31-3)28-27(21-13-7-4-8-14-21,22-15-9-5-10-16-22)23-17-11-6-12-18-23/h4-18,24,28H,1,19H2,2-3H3/t24-/m0/s1. The quantitative estimate of drug-likeness (QED) is 0.313. The number of hydrogen-bond donors (Lipinski definition) is 1. The van der Waals surface area contributed by atoms with E-state index in [2.05, 4.69) is 11.9 Å². The third-order valence-corrected chi connectivity index (χ3v) is 5.23. The molecule has 5 heteroatoms. The predicted molar refractivity (Wildman–Crippen MR) is 124 cm³/mol. The van der Waals surface area contributed by atoms with Gasteiger partial charge in [-0.25, -0.2) is 4.79 Å². The van der Waals surface area contributed by atoms with Crippen LogP contribution in [0.25, 0.3) is 0 Å². The van der Waals surface area contributed by atoms with Crippen molar-refractivity contribution in [2.75, 3.05) is 13.7 Å². The smallest absolute Gasteiger partial charge is 0.333 e. The number of carbonyl (C=O) groups excluding carboxylic acids is 2. The second-order valence-corrected chi connectivity index (χ2v) is 7.45. The Hall–Kier alpha value is -3.70. The number of carbonyl (C=O) groups is 2. The second kappa shape index (κ2) is 10.6. The molecule has 0 amide bonds. The minimum atomic E-state index is -0.927. The van der Waals surface area contributed by atoms with Crippen molar-refractivity contribution in [3.63, 3.8) is 0 Å². The number of methoxy groups -OCH3 is 1. The third kappa shape index (κ3) is 4.95. The molecule has 0 spiro atoms. The summed E-state index contributed by atoms with van der Waals surface area (Å²) in [4.78, 5) is 24.8. The Morgan fingerprint density at radius 3 is 1.59 bits per heavy atom. The van der Waals surface area contributed by atoms with Gasteiger partial charge < -0.3 is 9.47 Å². The summed E-state index contributed by atoms with van der Waals surface area (Å²) in [5.74, 6) is -1.10. The molecule has 0 aliphatic carbocycles. The van der Waals surface area contributed by atoms with Crippen LogP contribution in [0.2, 0.25) is 0 Å². The van der Waals surface area contributed by atoms with Crippen LogP contribution in [-0.2, 0) is 24.6 Å². The predicted octanol–water partition coefficient (Wildman–Crippen LogP) is 4.23. The first-order chi connectivity index (χ1) is 15.5. The van der Waals surface area contributed by atoms with Crippen molar-refractivity contribution in [2.45, 2.75) is 18.5 Å². The normalized spacial score (nSPS) is 11.9. The number of esters is 2. The number of ether oxygens (including phenoxy) is 2. The first-order valence-electron chi connectivity index (χ1n) is 10.3. The molecule has 0 aliphatic rings. The first kappa shape index (κ1) is 23.0. The average molecular weight is 430 g/mol. The minimum Gasteiger partial charge on any atom is -0.468 e. The van der Waals surface area contributed by atoms with Crippen molar-refractivity contribution in [3.05, 3.63) is 120 Å². The van der Waals surface area contributed by atoms with Crippen LogP contribution in [0.4, 0.5) is 0 Å². The maximum atomic E-state index is 12.8. The molecule has 3 aromatic rings. The molecule has 1 atom stereocenters. The minimum absolute atomic E-state index is 0.202. The van der Waals surface area contributed by atoms with Gasteiger partial charge in [0.2, 0.25) is 0 Å². The summed E-state index contributed by atoms with van der Waals surface area (Å²) in [6.45, 7) is 4.96. The van der Waals surface area contributed by atoms with E-state index in [1.54, 1.807) is 6.92 Å². The summed E-state index contributed by atoms with van der Waals surface area (Å²) < 4.78 is 10.4. The summed E-state index contributed by atoms with van der Waals surface area (Å²) >= 11 is 0. The zero-order chi connectivity index (χ0) is 23.0. The number of rotatable bonds is 9. The van der Waals surface area contributed by atoms with Gasteiger partial charge in [-0.3, -0.25) is 10.1 Å². The molecule has 0 heterocycles. The molecule has 0 bridgehead atoms. The van der Waals surface area contributed by atoms with Crippen molar-refractivity contribution in [3.8, 4) is 0 Å². The van der Waals surface area contributed by atoms with Crippen molar-refractivity contribution < 1.29 is 19.1 Å². The van der Waals surface area contributed by atoms with E-state index in [0.717, 1.165) is 16.7 Å². The van der Waals surface area contributed by atoms with Gasteiger partial charge in [-0.05, 0) is 23.6 Å². The Morgan fingerprint density at radius 2 is 1.25 bits per heavy atom. The van der Waals surface area contributed by atoms with Gasteiger partial charge in [0.1, 0.15) is 12.6 Å². The second-order valence-electron chi connectivity index (χ2n) is 7.45. The molecule has 0 saturated heterocycles. The Labute approximate surface area is 188 Å². The van der Waals surface area contributed by atoms with Crippen LogP contribution in [0.1, 0.15) is 23.6 Å². The first-order valence-corrected chi connectivity index (χ1v) is 10.3. The summed E-state index contributed by atoms with van der Waals surface area (Å²) in [7, 11) is 1.31. The lowest BCUT2D eigenvalue weighted by Crippen LogP contribution is -2.54. The number of nitrogens with one attached hydrogen (secondary N) is 1. The van der Waals surface area contributed by atoms with E-state index in [-0.39, 0.29) is 12.2 Å². The largest absolute Gasteiger partial charge is 0.468 e. The number of benzene rings is 3. The highest BCUT2D eigenvalue weighted by Gasteiger charge is 2.40. The zero-order valence-electron chi connectivity index (χ0n) is 18.3. The molecule has 3 rings (SSSR count). The van der Waals surface area contributed by atoms with Gasteiger partial charge in [0.15, 0.2) is 0 Å². The highest BCUT2D eigenvalue weighted by molar-refractivity contribution is 5.87. The molecular formula is C27H27NO4. The highest BCUT2D eigenvalue weighted by Crippen LogP contribution is 2.37. The van der Waals surface area contributed by atoms with Crippen LogP contribution >= 0.6 is 0 Å². The lowest BCUT2D eigenvalue weighted by molar-refractivity contribution is -0.148. The van der Waals surface area contributed by atoms with Gasteiger partial charge >= 0.3 is 11.9 Å². The molecule has 0 unspecified atom stereocenters. The van der Waals surface area contributed by atoms with E-state index in [1.807, 2.05) is 91.0 Å². The molecule has 0 fully saturated rings. The van der Waals surface area contributed by atoms with E-state index in [9.17, 15) is 9.59 Å². The van der Waals surface area contributed by atoms with Crippen LogP contribution in [0.5, 0.6) is 0 Å². The topological polar surface area (TPSA) is 64.6 Å². The fourth-order valence-corrected chi connectivity index (χ4v) is 3.67. The SMILES string of the molecule is C=C(C)C(=O)OC[C@H](NC(c1ccccc1)(c1ccccc1)c1ccccc1)C(=O)OC. The molecular weight excluding hydrogens is 402 g/mol. The van der Waals surface area contributed by atoms with Crippen LogP contribution in [0, 0.1) is 0 Å². The fraction of sp³-hybridized carbons (Fsp3) is 0.185. The molecule has 1 N–H and O–H groups in total. The summed E-state index contributed by atoms with van der Waals surface area (Å²) in [6, 6.07) is 28.6. The van der Waals surface area contributed by atoms with Gasteiger partial charge in [-0.2, -0.15) is 0 Å². The molecule has 164 valence electrons. The zero-order valence-corrected chi connectivity index (χ0v) is 18.3. The monoisotopic (exact) mass is 429 g/mol. The summed E-state index contributed by atoms with van der Waals surface area (Å²) in [6.07, 6.45) is 0. The van der Waals surface area contributed by atoms with Gasteiger partial charge in [0.05, 0.1) is 12.6 Å². The molecule has 0 aliphatic heterocycles. The van der Waals surface area contributed by atoms with Crippen LogP contribution in [-0.4, -0.2) is 31.7 Å². The lowest BCUT2D eigenvalue weighted by atomic mass is 9.76. The third-order valence-electron chi connectivity index (χ3n) is 5.23. The maximum absolute atomic E-state index is 12.8. The summed E-state index contributed by atoms with van der Waals surface area (Å²) in [5.41, 5.74) is 2.14. The summed E-state index contributed by atoms with van der Waals surface area (Å²) in [5, 5.41) is 3.48. The van der Waals surface area contributed by atoms with Gasteiger partial charge in [-0.15, -0.1) is 0 Å². The van der Waals surface area contributed by atoms with E-state index in [0.29, 0.717) is 0 Å². The Bertz CT molecular complexity index is 952. The van der Waals surface area contributed by atoms with Crippen molar-refractivity contribution in [1.82, 2.24) is 5.32 Å².